The maximum atomic E-state index is 13.7. The number of hydrogen-bond donors (Lipinski definition) is 1. The average molecular weight is 513 g/mol. The number of halogens is 1. The number of amides is 1. The fourth-order valence-corrected chi connectivity index (χ4v) is 6.16. The van der Waals surface area contributed by atoms with Crippen LogP contribution in [0.25, 0.3) is 0 Å². The van der Waals surface area contributed by atoms with E-state index in [-0.39, 0.29) is 5.91 Å². The number of nitrogens with zero attached hydrogens (tertiary/aromatic N) is 5. The quantitative estimate of drug-likeness (QED) is 0.654. The Morgan fingerprint density at radius 2 is 2.09 bits per heavy atom. The molecule has 1 aliphatic carbocycles. The molecule has 2 aromatic rings. The molecule has 1 N–H and O–H groups in total. The minimum Gasteiger partial charge on any atom is -0.492 e. The van der Waals surface area contributed by atoms with Gasteiger partial charge in [0, 0.05) is 25.6 Å². The predicted octanol–water partition coefficient (Wildman–Crippen LogP) is 4.03. The Kier molecular flexibility index (Phi) is 5.31. The second kappa shape index (κ2) is 8.34. The molecule has 0 radical (unpaired) electrons. The summed E-state index contributed by atoms with van der Waals surface area (Å²) in [5.74, 6) is 3.19. The molecule has 1 saturated carbocycles. The molecule has 33 heavy (non-hydrogen) atoms. The Balaban J connectivity index is 1.44. The van der Waals surface area contributed by atoms with Crippen molar-refractivity contribution in [2.75, 3.05) is 36.5 Å². The Morgan fingerprint density at radius 3 is 2.91 bits per heavy atom. The molecule has 1 aromatic heterocycles. The van der Waals surface area contributed by atoms with Gasteiger partial charge < -0.3 is 10.1 Å². The number of carbonyl (C=O) groups excluding carboxylic acids is 1. The second-order valence-electron chi connectivity index (χ2n) is 9.22. The zero-order valence-electron chi connectivity index (χ0n) is 18.9. The summed E-state index contributed by atoms with van der Waals surface area (Å²) in [6.45, 7) is 5.33. The van der Waals surface area contributed by atoms with Crippen LogP contribution in [-0.2, 0) is 13.0 Å². The first-order valence-corrected chi connectivity index (χ1v) is 12.9. The van der Waals surface area contributed by atoms with Crippen LogP contribution in [0.3, 0.4) is 0 Å². The third-order valence-corrected chi connectivity index (χ3v) is 7.69. The van der Waals surface area contributed by atoms with Crippen LogP contribution in [0.1, 0.15) is 60.6 Å². The molecule has 0 spiro atoms. The number of aliphatic imine (C=N–C) groups is 1. The molecule has 0 atom stereocenters. The van der Waals surface area contributed by atoms with Crippen LogP contribution in [0.2, 0.25) is 0 Å². The van der Waals surface area contributed by atoms with Crippen LogP contribution in [0, 0.1) is 0 Å². The molecule has 4 heterocycles. The Bertz CT molecular complexity index is 1140. The molecule has 4 aliphatic rings. The third-order valence-electron chi connectivity index (χ3n) is 7.11. The number of guanidine groups is 1. The minimum absolute atomic E-state index is 0.0165. The average Bonchev–Trinajstić information content (AvgIpc) is 3.55. The maximum absolute atomic E-state index is 13.7. The summed E-state index contributed by atoms with van der Waals surface area (Å²) in [7, 11) is 0. The molecule has 6 rings (SSSR count). The minimum atomic E-state index is -0.0165. The number of anilines is 2. The zero-order chi connectivity index (χ0) is 22.5. The smallest absolute Gasteiger partial charge is 0.281 e. The lowest BCUT2D eigenvalue weighted by Crippen LogP contribution is -2.50. The van der Waals surface area contributed by atoms with Crippen molar-refractivity contribution in [2.24, 2.45) is 4.99 Å². The number of benzene rings is 1. The number of carbonyl (C=O) groups is 1. The molecule has 174 valence electrons. The van der Waals surface area contributed by atoms with Crippen LogP contribution in [0.4, 0.5) is 11.8 Å². The normalized spacial score (nSPS) is 19.8. The van der Waals surface area contributed by atoms with E-state index >= 15 is 0 Å². The number of rotatable bonds is 5. The lowest BCUT2D eigenvalue weighted by Gasteiger charge is -2.32. The molecule has 1 aromatic carbocycles. The predicted molar refractivity (Wildman–Crippen MR) is 132 cm³/mol. The summed E-state index contributed by atoms with van der Waals surface area (Å²) in [6.07, 6.45) is 6.97. The van der Waals surface area contributed by atoms with Crippen molar-refractivity contribution in [1.29, 1.82) is 0 Å². The maximum Gasteiger partial charge on any atom is 0.281 e. The van der Waals surface area contributed by atoms with E-state index in [0.29, 0.717) is 38.0 Å². The molecular formula is C24H29BrN6O2. The summed E-state index contributed by atoms with van der Waals surface area (Å²) < 4.78 is 8.83. The molecule has 0 bridgehead atoms. The monoisotopic (exact) mass is 512 g/mol. The molecule has 1 amide bonds. The van der Waals surface area contributed by atoms with Gasteiger partial charge in [-0.1, -0.05) is 25.3 Å². The Labute approximate surface area is 202 Å². The largest absolute Gasteiger partial charge is 0.492 e. The summed E-state index contributed by atoms with van der Waals surface area (Å²) in [6, 6.07) is 4.71. The van der Waals surface area contributed by atoms with Crippen LogP contribution in [0.15, 0.2) is 21.6 Å². The van der Waals surface area contributed by atoms with Gasteiger partial charge in [0.05, 0.1) is 24.2 Å². The van der Waals surface area contributed by atoms with Gasteiger partial charge in [-0.2, -0.15) is 4.98 Å². The second-order valence-corrected chi connectivity index (χ2v) is 10.1. The van der Waals surface area contributed by atoms with E-state index in [1.54, 1.807) is 4.90 Å². The van der Waals surface area contributed by atoms with Gasteiger partial charge in [-0.05, 0) is 52.9 Å². The Morgan fingerprint density at radius 1 is 1.24 bits per heavy atom. The van der Waals surface area contributed by atoms with Gasteiger partial charge in [-0.15, -0.1) is 0 Å². The number of hydrogen-bond acceptors (Lipinski definition) is 6. The number of ether oxygens (including phenoxy) is 1. The van der Waals surface area contributed by atoms with Crippen LogP contribution >= 0.6 is 15.9 Å². The highest BCUT2D eigenvalue weighted by molar-refractivity contribution is 9.10. The highest BCUT2D eigenvalue weighted by Gasteiger charge is 2.41. The van der Waals surface area contributed by atoms with Crippen molar-refractivity contribution in [3.8, 4) is 5.75 Å². The van der Waals surface area contributed by atoms with E-state index in [1.165, 1.54) is 24.8 Å². The molecular weight excluding hydrogens is 484 g/mol. The van der Waals surface area contributed by atoms with Crippen LogP contribution in [-0.4, -0.2) is 58.6 Å². The fourth-order valence-electron chi connectivity index (χ4n) is 5.50. The van der Waals surface area contributed by atoms with Crippen molar-refractivity contribution in [3.63, 3.8) is 0 Å². The molecule has 0 unspecified atom stereocenters. The first-order chi connectivity index (χ1) is 16.1. The van der Waals surface area contributed by atoms with Crippen molar-refractivity contribution in [1.82, 2.24) is 14.5 Å². The summed E-state index contributed by atoms with van der Waals surface area (Å²) in [4.78, 5) is 27.2. The molecule has 8 nitrogen and oxygen atoms in total. The summed E-state index contributed by atoms with van der Waals surface area (Å²) in [5.41, 5.74) is 3.00. The van der Waals surface area contributed by atoms with E-state index in [2.05, 4.69) is 47.8 Å². The Hall–Kier alpha value is -2.55. The van der Waals surface area contributed by atoms with Gasteiger partial charge in [-0.25, -0.2) is 0 Å². The van der Waals surface area contributed by atoms with Crippen molar-refractivity contribution in [3.05, 3.63) is 33.4 Å². The van der Waals surface area contributed by atoms with E-state index in [4.69, 9.17) is 9.72 Å². The van der Waals surface area contributed by atoms with E-state index in [9.17, 15) is 4.79 Å². The van der Waals surface area contributed by atoms with E-state index < -0.39 is 0 Å². The fraction of sp³-hybridized carbons (Fsp3) is 0.542. The van der Waals surface area contributed by atoms with Crippen molar-refractivity contribution >= 4 is 39.6 Å². The number of aromatic nitrogens is 2. The van der Waals surface area contributed by atoms with Crippen molar-refractivity contribution < 1.29 is 9.53 Å². The van der Waals surface area contributed by atoms with Crippen molar-refractivity contribution in [2.45, 2.75) is 58.0 Å². The highest BCUT2D eigenvalue weighted by Crippen LogP contribution is 2.37. The van der Waals surface area contributed by atoms with Crippen LogP contribution in [0.5, 0.6) is 5.75 Å². The number of nitrogens with one attached hydrogen (secondary N) is 1. The topological polar surface area (TPSA) is 75.0 Å². The first-order valence-electron chi connectivity index (χ1n) is 12.1. The van der Waals surface area contributed by atoms with Crippen LogP contribution < -0.4 is 15.0 Å². The summed E-state index contributed by atoms with van der Waals surface area (Å²) in [5, 5.41) is 3.71. The van der Waals surface area contributed by atoms with E-state index in [0.717, 1.165) is 59.3 Å². The SMILES string of the molecule is CCN1C(=O)c2c(nc(NC3CCCCC3)n2Cc2cc(Br)c3c(c2)CCO3)N2CCN=C12. The standard InChI is InChI=1S/C24H29BrN6O2/c1-2-29-22(32)19-21(30-10-9-26-24(29)30)28-23(27-17-6-4-3-5-7-17)31(19)14-15-12-16-8-11-33-20(16)18(25)13-15/h12-13,17H,2-11,14H2,1H3,(H,27,28). The molecule has 3 aliphatic heterocycles. The summed E-state index contributed by atoms with van der Waals surface area (Å²) >= 11 is 3.68. The third kappa shape index (κ3) is 3.52. The molecule has 1 fully saturated rings. The lowest BCUT2D eigenvalue weighted by molar-refractivity contribution is 0.0836. The number of imidazole rings is 1. The first kappa shape index (κ1) is 21.0. The van der Waals surface area contributed by atoms with Gasteiger partial charge in [-0.3, -0.25) is 24.2 Å². The van der Waals surface area contributed by atoms with Gasteiger partial charge in [0.2, 0.25) is 11.9 Å². The van der Waals surface area contributed by atoms with Gasteiger partial charge in [0.1, 0.15) is 5.75 Å². The van der Waals surface area contributed by atoms with Gasteiger partial charge in [0.25, 0.3) is 5.91 Å². The molecule has 0 saturated heterocycles. The van der Waals surface area contributed by atoms with Gasteiger partial charge >= 0.3 is 0 Å². The number of fused-ring (bicyclic) bond motifs is 4. The highest BCUT2D eigenvalue weighted by atomic mass is 79.9. The van der Waals surface area contributed by atoms with Gasteiger partial charge in [0.15, 0.2) is 11.5 Å². The lowest BCUT2D eigenvalue weighted by atomic mass is 9.96. The van der Waals surface area contributed by atoms with E-state index in [1.807, 2.05) is 6.92 Å². The zero-order valence-corrected chi connectivity index (χ0v) is 20.5. The molecule has 9 heteroatoms.